The molecule has 0 aliphatic carbocycles. The van der Waals surface area contributed by atoms with E-state index in [2.05, 4.69) is 119 Å². The van der Waals surface area contributed by atoms with E-state index >= 15 is 0 Å². The molecule has 5 aromatic rings. The van der Waals surface area contributed by atoms with Gasteiger partial charge >= 0.3 is 0 Å². The number of ether oxygens (including phenoxy) is 4. The molecule has 0 radical (unpaired) electrons. The van der Waals surface area contributed by atoms with Crippen LogP contribution in [0.2, 0.25) is 0 Å². The lowest BCUT2D eigenvalue weighted by molar-refractivity contribution is 0.101. The van der Waals surface area contributed by atoms with Gasteiger partial charge in [0.15, 0.2) is 28.8 Å². The van der Waals surface area contributed by atoms with E-state index in [9.17, 15) is 4.79 Å². The number of rotatable bonds is 21. The molecule has 0 saturated carbocycles. The van der Waals surface area contributed by atoms with Crippen LogP contribution in [-0.4, -0.2) is 38.8 Å². The normalized spacial score (nSPS) is 12.2. The molecular formula is C52H63N3O5. The van der Waals surface area contributed by atoms with Crippen molar-refractivity contribution < 1.29 is 23.7 Å². The number of aliphatic imine (C=N–C) groups is 1. The highest BCUT2D eigenvalue weighted by Gasteiger charge is 2.18. The Hall–Kier alpha value is -6.02. The van der Waals surface area contributed by atoms with E-state index < -0.39 is 0 Å². The second-order valence-electron chi connectivity index (χ2n) is 16.3. The molecule has 0 aliphatic heterocycles. The van der Waals surface area contributed by atoms with Crippen molar-refractivity contribution in [3.63, 3.8) is 0 Å². The predicted molar refractivity (Wildman–Crippen MR) is 249 cm³/mol. The minimum Gasteiger partial charge on any atom is -0.493 e. The standard InChI is InChI=1S/C52H63N3O5/c1-33(2)45-25-49(57-10)51(27-47(45)53-29-35(5)20-42-18-14-12-16-37(42)7)59-31-40-22-41(24-44(23-40)55-34(3)4)32-60-52-28-48(46(39(9)56)26-50(52)58-11)54-30-36(6)21-43-19-15-13-17-38(43)8/h12-19,22-28,30,34-36,53,55H,1,20-21,29,31-32H2,2-11H3/t35-,36-/m0/s1. The summed E-state index contributed by atoms with van der Waals surface area (Å²) >= 11 is 0. The maximum atomic E-state index is 12.8. The Bertz CT molecular complexity index is 2290. The van der Waals surface area contributed by atoms with Crippen LogP contribution in [0.3, 0.4) is 0 Å². The molecule has 0 amide bonds. The van der Waals surface area contributed by atoms with E-state index in [4.69, 9.17) is 23.9 Å². The maximum Gasteiger partial charge on any atom is 0.163 e. The zero-order chi connectivity index (χ0) is 43.3. The number of hydrogen-bond acceptors (Lipinski definition) is 8. The Labute approximate surface area is 358 Å². The summed E-state index contributed by atoms with van der Waals surface area (Å²) in [5.74, 6) is 2.68. The Morgan fingerprint density at radius 3 is 1.80 bits per heavy atom. The van der Waals surface area contributed by atoms with Crippen LogP contribution in [0.5, 0.6) is 23.0 Å². The molecular weight excluding hydrogens is 747 g/mol. The zero-order valence-corrected chi connectivity index (χ0v) is 37.2. The second kappa shape index (κ2) is 21.3. The molecule has 2 N–H and O–H groups in total. The van der Waals surface area contributed by atoms with Gasteiger partial charge in [0.25, 0.3) is 0 Å². The van der Waals surface area contributed by atoms with Crippen LogP contribution in [0.4, 0.5) is 17.1 Å². The molecule has 0 aromatic heterocycles. The van der Waals surface area contributed by atoms with Crippen LogP contribution >= 0.6 is 0 Å². The number of ketones is 1. The summed E-state index contributed by atoms with van der Waals surface area (Å²) in [6.07, 6.45) is 3.73. The molecule has 0 aliphatic rings. The molecule has 0 heterocycles. The van der Waals surface area contributed by atoms with Gasteiger partial charge in [-0.3, -0.25) is 9.79 Å². The summed E-state index contributed by atoms with van der Waals surface area (Å²) in [5.41, 5.74) is 11.9. The van der Waals surface area contributed by atoms with Gasteiger partial charge in [0.05, 0.1) is 19.9 Å². The van der Waals surface area contributed by atoms with Crippen molar-refractivity contribution in [1.29, 1.82) is 0 Å². The summed E-state index contributed by atoms with van der Waals surface area (Å²) in [5, 5.41) is 7.23. The molecule has 8 heteroatoms. The Kier molecular flexibility index (Phi) is 16.0. The number of aryl methyl sites for hydroxylation is 2. The van der Waals surface area contributed by atoms with E-state index in [0.29, 0.717) is 46.8 Å². The summed E-state index contributed by atoms with van der Waals surface area (Å²) in [6.45, 7) is 22.0. The quantitative estimate of drug-likeness (QED) is 0.0563. The molecule has 0 saturated heterocycles. The molecule has 0 bridgehead atoms. The number of hydrogen-bond donors (Lipinski definition) is 2. The number of Topliss-reactive ketones (excluding diaryl/α,β-unsaturated/α-hetero) is 1. The third kappa shape index (κ3) is 12.5. The first kappa shape index (κ1) is 45.1. The number of benzene rings is 5. The third-order valence-corrected chi connectivity index (χ3v) is 10.5. The summed E-state index contributed by atoms with van der Waals surface area (Å²) < 4.78 is 24.5. The van der Waals surface area contributed by atoms with Crippen molar-refractivity contribution in [2.45, 2.75) is 87.5 Å². The van der Waals surface area contributed by atoms with Crippen molar-refractivity contribution in [3.8, 4) is 23.0 Å². The van der Waals surface area contributed by atoms with Crippen molar-refractivity contribution in [1.82, 2.24) is 0 Å². The first-order valence-corrected chi connectivity index (χ1v) is 20.9. The number of nitrogens with zero attached hydrogens (tertiary/aromatic N) is 1. The zero-order valence-electron chi connectivity index (χ0n) is 37.2. The average molecular weight is 810 g/mol. The van der Waals surface area contributed by atoms with E-state index in [-0.39, 0.29) is 24.3 Å². The molecule has 60 heavy (non-hydrogen) atoms. The Morgan fingerprint density at radius 1 is 0.717 bits per heavy atom. The van der Waals surface area contributed by atoms with Crippen LogP contribution in [0.25, 0.3) is 5.57 Å². The third-order valence-electron chi connectivity index (χ3n) is 10.5. The number of allylic oxidation sites excluding steroid dienone is 1. The van der Waals surface area contributed by atoms with E-state index in [1.807, 2.05) is 31.3 Å². The summed E-state index contributed by atoms with van der Waals surface area (Å²) in [6, 6.07) is 30.9. The molecule has 8 nitrogen and oxygen atoms in total. The molecule has 0 spiro atoms. The lowest BCUT2D eigenvalue weighted by Gasteiger charge is -2.20. The topological polar surface area (TPSA) is 90.4 Å². The monoisotopic (exact) mass is 809 g/mol. The highest BCUT2D eigenvalue weighted by molar-refractivity contribution is 6.00. The molecule has 0 unspecified atom stereocenters. The Morgan fingerprint density at radius 2 is 1.27 bits per heavy atom. The second-order valence-corrected chi connectivity index (χ2v) is 16.3. The highest BCUT2D eigenvalue weighted by Crippen LogP contribution is 2.38. The largest absolute Gasteiger partial charge is 0.493 e. The number of carbonyl (C=O) groups excluding carboxylic acids is 1. The van der Waals surface area contributed by atoms with Gasteiger partial charge in [-0.05, 0) is 136 Å². The van der Waals surface area contributed by atoms with Gasteiger partial charge < -0.3 is 29.6 Å². The number of methoxy groups -OCH3 is 2. The fourth-order valence-corrected chi connectivity index (χ4v) is 7.23. The first-order valence-electron chi connectivity index (χ1n) is 20.9. The molecule has 5 aromatic carbocycles. The molecule has 2 atom stereocenters. The van der Waals surface area contributed by atoms with Crippen molar-refractivity contribution in [2.75, 3.05) is 31.4 Å². The van der Waals surface area contributed by atoms with Gasteiger partial charge in [-0.2, -0.15) is 0 Å². The number of carbonyl (C=O) groups is 1. The van der Waals surface area contributed by atoms with Crippen LogP contribution in [0.1, 0.15) is 90.8 Å². The van der Waals surface area contributed by atoms with Gasteiger partial charge in [0.1, 0.15) is 13.2 Å². The molecule has 0 fully saturated rings. The van der Waals surface area contributed by atoms with Gasteiger partial charge in [-0.1, -0.05) is 69.0 Å². The van der Waals surface area contributed by atoms with Crippen molar-refractivity contribution in [3.05, 3.63) is 142 Å². The van der Waals surface area contributed by atoms with Gasteiger partial charge in [-0.25, -0.2) is 0 Å². The SMILES string of the molecule is C=C(C)c1cc(OC)c(OCc2cc(COc3cc(N=C[C@@H](C)Cc4ccccc4C)c(C(C)=O)cc3OC)cc(NC(C)C)c2)cc1NC[C@@H](C)Cc1ccccc1C. The van der Waals surface area contributed by atoms with E-state index in [1.165, 1.54) is 29.2 Å². The highest BCUT2D eigenvalue weighted by atomic mass is 16.5. The minimum absolute atomic E-state index is 0.0999. The number of anilines is 2. The molecule has 316 valence electrons. The Balaban J connectivity index is 1.36. The average Bonchev–Trinajstić information content (AvgIpc) is 3.21. The van der Waals surface area contributed by atoms with Gasteiger partial charge in [-0.15, -0.1) is 0 Å². The van der Waals surface area contributed by atoms with Gasteiger partial charge in [0.2, 0.25) is 0 Å². The van der Waals surface area contributed by atoms with Crippen LogP contribution < -0.4 is 29.6 Å². The fourth-order valence-electron chi connectivity index (χ4n) is 7.23. The van der Waals surface area contributed by atoms with Crippen molar-refractivity contribution in [2.24, 2.45) is 16.8 Å². The molecule has 5 rings (SSSR count). The summed E-state index contributed by atoms with van der Waals surface area (Å²) in [7, 11) is 3.23. The van der Waals surface area contributed by atoms with Crippen LogP contribution in [0.15, 0.2) is 103 Å². The number of nitrogens with one attached hydrogen (secondary N) is 2. The van der Waals surface area contributed by atoms with Crippen LogP contribution in [-0.2, 0) is 26.1 Å². The lowest BCUT2D eigenvalue weighted by atomic mass is 9.97. The predicted octanol–water partition coefficient (Wildman–Crippen LogP) is 12.4. The van der Waals surface area contributed by atoms with Gasteiger partial charge in [0, 0.05) is 53.4 Å². The minimum atomic E-state index is -0.0999. The van der Waals surface area contributed by atoms with E-state index in [0.717, 1.165) is 53.0 Å². The summed E-state index contributed by atoms with van der Waals surface area (Å²) in [4.78, 5) is 17.6. The van der Waals surface area contributed by atoms with Crippen LogP contribution in [0, 0.1) is 25.7 Å². The lowest BCUT2D eigenvalue weighted by Crippen LogP contribution is -2.15. The van der Waals surface area contributed by atoms with Crippen molar-refractivity contribution >= 4 is 34.6 Å². The maximum absolute atomic E-state index is 12.8. The van der Waals surface area contributed by atoms with E-state index in [1.54, 1.807) is 26.4 Å². The fraction of sp³-hybridized carbons (Fsp3) is 0.346. The smallest absolute Gasteiger partial charge is 0.163 e. The first-order chi connectivity index (χ1) is 28.7.